The summed E-state index contributed by atoms with van der Waals surface area (Å²) in [6.07, 6.45) is 1.91. The van der Waals surface area contributed by atoms with E-state index in [1.165, 1.54) is 0 Å². The van der Waals surface area contributed by atoms with Gasteiger partial charge in [-0.2, -0.15) is 5.10 Å². The summed E-state index contributed by atoms with van der Waals surface area (Å²) in [4.78, 5) is 12.0. The van der Waals surface area contributed by atoms with Crippen LogP contribution in [-0.4, -0.2) is 22.3 Å². The molecule has 0 aliphatic rings. The van der Waals surface area contributed by atoms with E-state index in [0.29, 0.717) is 0 Å². The highest BCUT2D eigenvalue weighted by Gasteiger charge is 2.06. The van der Waals surface area contributed by atoms with E-state index >= 15 is 0 Å². The van der Waals surface area contributed by atoms with Gasteiger partial charge in [0.1, 0.15) is 5.75 Å². The Labute approximate surface area is 128 Å². The van der Waals surface area contributed by atoms with Crippen molar-refractivity contribution in [1.29, 1.82) is 0 Å². The van der Waals surface area contributed by atoms with E-state index in [1.54, 1.807) is 4.68 Å². The molecule has 0 saturated carbocycles. The lowest BCUT2D eigenvalue weighted by atomic mass is 10.2. The summed E-state index contributed by atoms with van der Waals surface area (Å²) >= 11 is 0. The van der Waals surface area contributed by atoms with Crippen LogP contribution in [0.3, 0.4) is 0 Å². The molecule has 0 unspecified atom stereocenters. The number of rotatable bonds is 4. The highest BCUT2D eigenvalue weighted by atomic mass is 16.5. The lowest BCUT2D eigenvalue weighted by molar-refractivity contribution is -0.118. The van der Waals surface area contributed by atoms with Crippen molar-refractivity contribution >= 4 is 22.5 Å². The molecule has 1 aromatic heterocycles. The third-order valence-electron chi connectivity index (χ3n) is 3.36. The Bertz CT molecular complexity index is 824. The number of hydrogen-bond donors (Lipinski definition) is 1. The van der Waals surface area contributed by atoms with Gasteiger partial charge in [0.05, 0.1) is 5.52 Å². The van der Waals surface area contributed by atoms with Gasteiger partial charge in [-0.05, 0) is 36.8 Å². The van der Waals surface area contributed by atoms with Gasteiger partial charge >= 0.3 is 0 Å². The highest BCUT2D eigenvalue weighted by molar-refractivity contribution is 5.94. The van der Waals surface area contributed by atoms with Crippen LogP contribution in [0, 0.1) is 6.92 Å². The largest absolute Gasteiger partial charge is 0.483 e. The number of benzene rings is 2. The molecule has 0 aliphatic heterocycles. The van der Waals surface area contributed by atoms with Crippen LogP contribution in [0.1, 0.15) is 5.56 Å². The number of nitrogens with one attached hydrogen (secondary N) is 1. The molecule has 0 radical (unpaired) electrons. The Morgan fingerprint density at radius 1 is 1.27 bits per heavy atom. The monoisotopic (exact) mass is 295 g/mol. The molecule has 112 valence electrons. The van der Waals surface area contributed by atoms with Crippen LogP contribution in [0.4, 0.5) is 5.69 Å². The van der Waals surface area contributed by atoms with Gasteiger partial charge in [-0.15, -0.1) is 0 Å². The quantitative estimate of drug-likeness (QED) is 0.805. The molecule has 5 nitrogen and oxygen atoms in total. The summed E-state index contributed by atoms with van der Waals surface area (Å²) in [6, 6.07) is 13.2. The van der Waals surface area contributed by atoms with Crippen LogP contribution in [-0.2, 0) is 11.8 Å². The molecule has 3 aromatic rings. The molecule has 0 saturated heterocycles. The van der Waals surface area contributed by atoms with Crippen molar-refractivity contribution in [3.63, 3.8) is 0 Å². The summed E-state index contributed by atoms with van der Waals surface area (Å²) in [5.41, 5.74) is 2.64. The minimum absolute atomic E-state index is 0.0179. The third-order valence-corrected chi connectivity index (χ3v) is 3.36. The van der Waals surface area contributed by atoms with Crippen molar-refractivity contribution in [2.45, 2.75) is 6.92 Å². The summed E-state index contributed by atoms with van der Waals surface area (Å²) in [5.74, 6) is 0.534. The molecule has 1 N–H and O–H groups in total. The minimum Gasteiger partial charge on any atom is -0.483 e. The van der Waals surface area contributed by atoms with Crippen molar-refractivity contribution < 1.29 is 9.53 Å². The number of fused-ring (bicyclic) bond motifs is 1. The molecule has 2 aromatic carbocycles. The number of hydrogen-bond acceptors (Lipinski definition) is 3. The first-order valence-electron chi connectivity index (χ1n) is 7.03. The number of aromatic nitrogens is 2. The molecule has 5 heteroatoms. The van der Waals surface area contributed by atoms with E-state index in [0.717, 1.165) is 27.9 Å². The van der Waals surface area contributed by atoms with E-state index < -0.39 is 0 Å². The Hall–Kier alpha value is -2.82. The first kappa shape index (κ1) is 14.1. The van der Waals surface area contributed by atoms with Crippen LogP contribution in [0.5, 0.6) is 5.75 Å². The number of aryl methyl sites for hydroxylation is 2. The second-order valence-electron chi connectivity index (χ2n) is 5.18. The maximum absolute atomic E-state index is 12.0. The summed E-state index contributed by atoms with van der Waals surface area (Å²) in [7, 11) is 1.87. The van der Waals surface area contributed by atoms with Crippen LogP contribution >= 0.6 is 0 Å². The van der Waals surface area contributed by atoms with Crippen molar-refractivity contribution in [3.05, 3.63) is 54.2 Å². The van der Waals surface area contributed by atoms with Crippen LogP contribution in [0.15, 0.2) is 48.7 Å². The number of ether oxygens (including phenoxy) is 1. The fourth-order valence-electron chi connectivity index (χ4n) is 2.29. The zero-order chi connectivity index (χ0) is 15.5. The lowest BCUT2D eigenvalue weighted by Gasteiger charge is -2.09. The van der Waals surface area contributed by atoms with E-state index in [-0.39, 0.29) is 12.5 Å². The second kappa shape index (κ2) is 5.89. The fourth-order valence-corrected chi connectivity index (χ4v) is 2.29. The first-order chi connectivity index (χ1) is 10.6. The first-order valence-corrected chi connectivity index (χ1v) is 7.03. The molecule has 0 aliphatic carbocycles. The van der Waals surface area contributed by atoms with Gasteiger partial charge in [-0.3, -0.25) is 9.48 Å². The predicted octanol–water partition coefficient (Wildman–Crippen LogP) is 2.90. The Balaban J connectivity index is 1.64. The SMILES string of the molecule is Cc1ccccc1OCC(=O)Nc1ccc2nn(C)cc2c1. The van der Waals surface area contributed by atoms with Crippen molar-refractivity contribution in [3.8, 4) is 5.75 Å². The number of nitrogens with zero attached hydrogens (tertiary/aromatic N) is 2. The molecule has 0 bridgehead atoms. The van der Waals surface area contributed by atoms with Crippen molar-refractivity contribution in [2.75, 3.05) is 11.9 Å². The molecular weight excluding hydrogens is 278 g/mol. The predicted molar refractivity (Wildman–Crippen MR) is 86.0 cm³/mol. The van der Waals surface area contributed by atoms with Crippen LogP contribution < -0.4 is 10.1 Å². The average molecular weight is 295 g/mol. The van der Waals surface area contributed by atoms with Gasteiger partial charge in [-0.25, -0.2) is 0 Å². The lowest BCUT2D eigenvalue weighted by Crippen LogP contribution is -2.20. The number of anilines is 1. The summed E-state index contributed by atoms with van der Waals surface area (Å²) < 4.78 is 7.28. The average Bonchev–Trinajstić information content (AvgIpc) is 2.86. The van der Waals surface area contributed by atoms with Gasteiger partial charge < -0.3 is 10.1 Å². The van der Waals surface area contributed by atoms with Gasteiger partial charge in [0.25, 0.3) is 5.91 Å². The van der Waals surface area contributed by atoms with Crippen LogP contribution in [0.25, 0.3) is 10.9 Å². The van der Waals surface area contributed by atoms with Crippen molar-refractivity contribution in [2.24, 2.45) is 7.05 Å². The van der Waals surface area contributed by atoms with E-state index in [9.17, 15) is 4.79 Å². The Kier molecular flexibility index (Phi) is 3.78. The Morgan fingerprint density at radius 3 is 2.91 bits per heavy atom. The number of para-hydroxylation sites is 1. The highest BCUT2D eigenvalue weighted by Crippen LogP contribution is 2.18. The maximum Gasteiger partial charge on any atom is 0.262 e. The van der Waals surface area contributed by atoms with Gasteiger partial charge in [0, 0.05) is 24.3 Å². The molecule has 3 rings (SSSR count). The van der Waals surface area contributed by atoms with Gasteiger partial charge in [-0.1, -0.05) is 18.2 Å². The van der Waals surface area contributed by atoms with E-state index in [1.807, 2.05) is 62.6 Å². The third kappa shape index (κ3) is 3.09. The van der Waals surface area contributed by atoms with E-state index in [4.69, 9.17) is 4.74 Å². The number of carbonyl (C=O) groups is 1. The van der Waals surface area contributed by atoms with Crippen LogP contribution in [0.2, 0.25) is 0 Å². The second-order valence-corrected chi connectivity index (χ2v) is 5.18. The molecule has 1 amide bonds. The standard InChI is InChI=1S/C17H17N3O2/c1-12-5-3-4-6-16(12)22-11-17(21)18-14-7-8-15-13(9-14)10-20(2)19-15/h3-10H,11H2,1-2H3,(H,18,21). The minimum atomic E-state index is -0.188. The smallest absolute Gasteiger partial charge is 0.262 e. The molecule has 0 atom stereocenters. The maximum atomic E-state index is 12.0. The molecular formula is C17H17N3O2. The molecule has 0 spiro atoms. The van der Waals surface area contributed by atoms with Crippen molar-refractivity contribution in [1.82, 2.24) is 9.78 Å². The summed E-state index contributed by atoms with van der Waals surface area (Å²) in [6.45, 7) is 1.93. The topological polar surface area (TPSA) is 56.1 Å². The van der Waals surface area contributed by atoms with Gasteiger partial charge in [0.2, 0.25) is 0 Å². The fraction of sp³-hybridized carbons (Fsp3) is 0.176. The number of carbonyl (C=O) groups excluding carboxylic acids is 1. The van der Waals surface area contributed by atoms with Gasteiger partial charge in [0.15, 0.2) is 6.61 Å². The zero-order valence-electron chi connectivity index (χ0n) is 12.5. The normalized spacial score (nSPS) is 10.6. The Morgan fingerprint density at radius 2 is 2.09 bits per heavy atom. The zero-order valence-corrected chi connectivity index (χ0v) is 12.5. The molecule has 22 heavy (non-hydrogen) atoms. The molecule has 1 heterocycles. The van der Waals surface area contributed by atoms with E-state index in [2.05, 4.69) is 10.4 Å². The number of amides is 1. The molecule has 0 fully saturated rings. The summed E-state index contributed by atoms with van der Waals surface area (Å²) in [5, 5.41) is 8.12.